The summed E-state index contributed by atoms with van der Waals surface area (Å²) >= 11 is 0. The van der Waals surface area contributed by atoms with Gasteiger partial charge in [-0.25, -0.2) is 0 Å². The third kappa shape index (κ3) is 5.44. The zero-order valence-electron chi connectivity index (χ0n) is 10.6. The lowest BCUT2D eigenvalue weighted by Crippen LogP contribution is -2.41. The molecule has 0 amide bonds. The highest BCUT2D eigenvalue weighted by Gasteiger charge is 2.36. The van der Waals surface area contributed by atoms with Gasteiger partial charge in [-0.2, -0.15) is 0 Å². The Bertz CT molecular complexity index is 206. The molecule has 4 heteroatoms. The predicted octanol–water partition coefficient (Wildman–Crippen LogP) is 2.35. The largest absolute Gasteiger partial charge is 0.417 e. The van der Waals surface area contributed by atoms with Gasteiger partial charge in [0.05, 0.1) is 0 Å². The predicted molar refractivity (Wildman–Crippen MR) is 64.5 cm³/mol. The van der Waals surface area contributed by atoms with E-state index in [0.717, 1.165) is 0 Å². The van der Waals surface area contributed by atoms with E-state index in [1.807, 2.05) is 0 Å². The molecule has 0 rings (SSSR count). The molecule has 0 aromatic carbocycles. The highest BCUT2D eigenvalue weighted by atomic mass is 28.4. The fourth-order valence-corrected chi connectivity index (χ4v) is 1.98. The summed E-state index contributed by atoms with van der Waals surface area (Å²) in [6.07, 6.45) is 1.14. The van der Waals surface area contributed by atoms with Crippen LogP contribution in [0.2, 0.25) is 18.1 Å². The van der Waals surface area contributed by atoms with Crippen molar-refractivity contribution in [2.45, 2.75) is 51.7 Å². The number of aliphatic hydroxyl groups excluding tert-OH is 1. The number of rotatable bonds is 6. The van der Waals surface area contributed by atoms with Crippen molar-refractivity contribution >= 4 is 14.1 Å². The first kappa shape index (κ1) is 14.8. The summed E-state index contributed by atoms with van der Waals surface area (Å²) in [5.41, 5.74) is 0. The molecule has 1 N–H and O–H groups in total. The molecule has 0 bridgehead atoms. The van der Waals surface area contributed by atoms with E-state index in [1.165, 1.54) is 0 Å². The molecule has 0 radical (unpaired) electrons. The number of aliphatic hydroxyl groups is 1. The van der Waals surface area contributed by atoms with Gasteiger partial charge in [0.1, 0.15) is 6.61 Å². The molecule has 0 aliphatic carbocycles. The Balaban J connectivity index is 3.82. The van der Waals surface area contributed by atoms with Crippen molar-refractivity contribution in [1.82, 2.24) is 0 Å². The van der Waals surface area contributed by atoms with Crippen LogP contribution in [-0.4, -0.2) is 32.4 Å². The molecule has 0 spiro atoms. The van der Waals surface area contributed by atoms with Crippen molar-refractivity contribution in [3.63, 3.8) is 0 Å². The first-order chi connectivity index (χ1) is 6.70. The van der Waals surface area contributed by atoms with E-state index in [-0.39, 0.29) is 17.4 Å². The van der Waals surface area contributed by atoms with Gasteiger partial charge in [-0.3, -0.25) is 4.79 Å². The lowest BCUT2D eigenvalue weighted by Gasteiger charge is -2.36. The molecule has 3 nitrogen and oxygen atoms in total. The maximum Gasteiger partial charge on any atom is 0.191 e. The van der Waals surface area contributed by atoms with Gasteiger partial charge in [-0.05, 0) is 24.6 Å². The minimum absolute atomic E-state index is 0.103. The van der Waals surface area contributed by atoms with Crippen LogP contribution in [0.5, 0.6) is 0 Å². The molecule has 0 unspecified atom stereocenters. The number of Topliss-reactive ketones (excluding diaryl/α,β-unsaturated/α-hetero) is 1. The van der Waals surface area contributed by atoms with Gasteiger partial charge in [0.2, 0.25) is 0 Å². The van der Waals surface area contributed by atoms with Crippen LogP contribution >= 0.6 is 0 Å². The number of carbonyl (C=O) groups is 1. The Hall–Kier alpha value is -0.193. The van der Waals surface area contributed by atoms with Crippen LogP contribution in [0.3, 0.4) is 0 Å². The second-order valence-corrected chi connectivity index (χ2v) is 10.2. The van der Waals surface area contributed by atoms with Crippen molar-refractivity contribution in [3.8, 4) is 0 Å². The molecule has 0 fully saturated rings. The minimum Gasteiger partial charge on any atom is -0.417 e. The van der Waals surface area contributed by atoms with Crippen LogP contribution in [0.1, 0.15) is 33.6 Å². The maximum absolute atomic E-state index is 10.8. The maximum atomic E-state index is 10.8. The average Bonchev–Trinajstić information content (AvgIpc) is 2.10. The van der Waals surface area contributed by atoms with Crippen molar-refractivity contribution in [2.24, 2.45) is 0 Å². The summed E-state index contributed by atoms with van der Waals surface area (Å²) in [5.74, 6) is -0.103. The topological polar surface area (TPSA) is 46.5 Å². The summed E-state index contributed by atoms with van der Waals surface area (Å²) in [6, 6.07) is 0. The van der Waals surface area contributed by atoms with E-state index < -0.39 is 8.32 Å². The Kier molecular flexibility index (Phi) is 5.70. The number of hydrogen-bond donors (Lipinski definition) is 1. The highest BCUT2D eigenvalue weighted by Crippen LogP contribution is 2.36. The van der Waals surface area contributed by atoms with E-state index in [1.54, 1.807) is 0 Å². The summed E-state index contributed by atoms with van der Waals surface area (Å²) in [7, 11) is -1.66. The molecule has 0 aliphatic rings. The first-order valence-electron chi connectivity index (χ1n) is 5.47. The van der Waals surface area contributed by atoms with E-state index >= 15 is 0 Å². The van der Waals surface area contributed by atoms with Crippen molar-refractivity contribution in [3.05, 3.63) is 0 Å². The standard InChI is InChI=1S/C11H24O3Si/c1-11(2,3)15(4,5)14-8-6-7-10(13)9-12/h12H,6-9H2,1-5H3. The van der Waals surface area contributed by atoms with Gasteiger partial charge < -0.3 is 9.53 Å². The minimum atomic E-state index is -1.66. The summed E-state index contributed by atoms with van der Waals surface area (Å²) in [5, 5.41) is 8.76. The second-order valence-electron chi connectivity index (χ2n) is 5.41. The van der Waals surface area contributed by atoms with Gasteiger partial charge >= 0.3 is 0 Å². The van der Waals surface area contributed by atoms with Crippen LogP contribution in [0.15, 0.2) is 0 Å². The van der Waals surface area contributed by atoms with Crippen LogP contribution in [0.25, 0.3) is 0 Å². The van der Waals surface area contributed by atoms with Crippen LogP contribution in [0, 0.1) is 0 Å². The van der Waals surface area contributed by atoms with Crippen molar-refractivity contribution in [2.75, 3.05) is 13.2 Å². The Labute approximate surface area is 94.0 Å². The third-order valence-corrected chi connectivity index (χ3v) is 7.58. The van der Waals surface area contributed by atoms with Crippen LogP contribution in [0.4, 0.5) is 0 Å². The Morgan fingerprint density at radius 3 is 2.27 bits per heavy atom. The Morgan fingerprint density at radius 2 is 1.87 bits per heavy atom. The zero-order chi connectivity index (χ0) is 12.1. The van der Waals surface area contributed by atoms with Gasteiger partial charge in [0.25, 0.3) is 0 Å². The molecule has 15 heavy (non-hydrogen) atoms. The van der Waals surface area contributed by atoms with E-state index in [4.69, 9.17) is 9.53 Å². The molecule has 0 saturated carbocycles. The zero-order valence-corrected chi connectivity index (χ0v) is 11.6. The number of ketones is 1. The normalized spacial score (nSPS) is 12.9. The molecule has 0 aliphatic heterocycles. The first-order valence-corrected chi connectivity index (χ1v) is 8.38. The van der Waals surface area contributed by atoms with Crippen molar-refractivity contribution < 1.29 is 14.3 Å². The molecule has 0 aromatic heterocycles. The van der Waals surface area contributed by atoms with E-state index in [0.29, 0.717) is 19.4 Å². The van der Waals surface area contributed by atoms with Crippen LogP contribution < -0.4 is 0 Å². The fourth-order valence-electron chi connectivity index (χ4n) is 0.892. The molecule has 90 valence electrons. The van der Waals surface area contributed by atoms with E-state index in [2.05, 4.69) is 33.9 Å². The number of hydrogen-bond acceptors (Lipinski definition) is 3. The summed E-state index contributed by atoms with van der Waals surface area (Å²) in [4.78, 5) is 10.8. The molecular formula is C11H24O3Si. The Morgan fingerprint density at radius 1 is 1.33 bits per heavy atom. The lowest BCUT2D eigenvalue weighted by molar-refractivity contribution is -0.121. The quantitative estimate of drug-likeness (QED) is 0.565. The van der Waals surface area contributed by atoms with Crippen LogP contribution in [-0.2, 0) is 9.22 Å². The number of carbonyl (C=O) groups excluding carboxylic acids is 1. The smallest absolute Gasteiger partial charge is 0.191 e. The van der Waals surface area contributed by atoms with Gasteiger partial charge in [-0.1, -0.05) is 20.8 Å². The fraction of sp³-hybridized carbons (Fsp3) is 0.909. The highest BCUT2D eigenvalue weighted by molar-refractivity contribution is 6.74. The second kappa shape index (κ2) is 5.77. The van der Waals surface area contributed by atoms with Crippen molar-refractivity contribution in [1.29, 1.82) is 0 Å². The SMILES string of the molecule is CC(C)(C)[Si](C)(C)OCCCC(=O)CO. The van der Waals surface area contributed by atoms with Gasteiger partial charge in [0, 0.05) is 13.0 Å². The molecule has 0 atom stereocenters. The summed E-state index contributed by atoms with van der Waals surface area (Å²) < 4.78 is 5.89. The third-order valence-electron chi connectivity index (χ3n) is 3.05. The molecule has 0 aromatic rings. The molecule has 0 saturated heterocycles. The van der Waals surface area contributed by atoms with Gasteiger partial charge in [-0.15, -0.1) is 0 Å². The van der Waals surface area contributed by atoms with Gasteiger partial charge in [0.15, 0.2) is 14.1 Å². The monoisotopic (exact) mass is 232 g/mol. The van der Waals surface area contributed by atoms with E-state index in [9.17, 15) is 4.79 Å². The lowest BCUT2D eigenvalue weighted by atomic mass is 10.2. The summed E-state index contributed by atoms with van der Waals surface area (Å²) in [6.45, 7) is 11.2. The average molecular weight is 232 g/mol. The molecule has 0 heterocycles. The molecular weight excluding hydrogens is 208 g/mol.